The Bertz CT molecular complexity index is 413. The Kier molecular flexibility index (Phi) is 3.85. The second-order valence-corrected chi connectivity index (χ2v) is 4.10. The predicted octanol–water partition coefficient (Wildman–Crippen LogP) is 1.58. The van der Waals surface area contributed by atoms with Crippen molar-refractivity contribution < 1.29 is 5.11 Å². The molecule has 5 heteroatoms. The number of phenols is 1. The van der Waals surface area contributed by atoms with E-state index >= 15 is 0 Å². The van der Waals surface area contributed by atoms with Crippen LogP contribution in [-0.2, 0) is 13.0 Å². The van der Waals surface area contributed by atoms with Gasteiger partial charge < -0.3 is 10.4 Å². The number of aromatic hydroxyl groups is 1. The number of aromatic nitrogens is 2. The lowest BCUT2D eigenvalue weighted by Gasteiger charge is -2.03. The van der Waals surface area contributed by atoms with Crippen molar-refractivity contribution in [2.24, 2.45) is 0 Å². The lowest BCUT2D eigenvalue weighted by Crippen LogP contribution is -2.16. The van der Waals surface area contributed by atoms with Crippen molar-refractivity contribution in [3.05, 3.63) is 40.9 Å². The third-order valence-corrected chi connectivity index (χ3v) is 2.79. The summed E-state index contributed by atoms with van der Waals surface area (Å²) in [6.45, 7) is 1.65. The van der Waals surface area contributed by atoms with Gasteiger partial charge in [-0.15, -0.1) is 5.10 Å². The van der Waals surface area contributed by atoms with Gasteiger partial charge in [0.1, 0.15) is 5.75 Å². The maximum absolute atomic E-state index is 9.12. The first-order valence-electron chi connectivity index (χ1n) is 5.09. The molecule has 0 saturated carbocycles. The maximum atomic E-state index is 9.12. The second kappa shape index (κ2) is 5.58. The standard InChI is InChI=1S/C11H13N3OS/c15-11-3-1-9(2-4-11)5-6-12-7-10-8-16-14-13-10/h1-4,8,12,15H,5-7H2. The zero-order valence-corrected chi connectivity index (χ0v) is 9.57. The van der Waals surface area contributed by atoms with Crippen LogP contribution in [0.5, 0.6) is 5.75 Å². The molecule has 1 heterocycles. The van der Waals surface area contributed by atoms with Crippen molar-refractivity contribution in [1.82, 2.24) is 14.9 Å². The number of benzene rings is 1. The molecule has 0 aliphatic carbocycles. The van der Waals surface area contributed by atoms with Crippen molar-refractivity contribution in [2.45, 2.75) is 13.0 Å². The average molecular weight is 235 g/mol. The largest absolute Gasteiger partial charge is 0.508 e. The molecule has 0 amide bonds. The van der Waals surface area contributed by atoms with Gasteiger partial charge in [0.05, 0.1) is 5.69 Å². The van der Waals surface area contributed by atoms with Gasteiger partial charge in [-0.3, -0.25) is 0 Å². The van der Waals surface area contributed by atoms with Crippen molar-refractivity contribution in [1.29, 1.82) is 0 Å². The van der Waals surface area contributed by atoms with Crippen LogP contribution in [0.1, 0.15) is 11.3 Å². The summed E-state index contributed by atoms with van der Waals surface area (Å²) in [5.74, 6) is 0.310. The van der Waals surface area contributed by atoms with E-state index in [-0.39, 0.29) is 0 Å². The zero-order valence-electron chi connectivity index (χ0n) is 8.76. The van der Waals surface area contributed by atoms with E-state index in [1.807, 2.05) is 17.5 Å². The van der Waals surface area contributed by atoms with Gasteiger partial charge in [-0.05, 0) is 42.2 Å². The van der Waals surface area contributed by atoms with Crippen molar-refractivity contribution in [3.8, 4) is 5.75 Å². The monoisotopic (exact) mass is 235 g/mol. The van der Waals surface area contributed by atoms with Crippen LogP contribution in [0.4, 0.5) is 0 Å². The smallest absolute Gasteiger partial charge is 0.115 e. The summed E-state index contributed by atoms with van der Waals surface area (Å²) in [4.78, 5) is 0. The molecular formula is C11H13N3OS. The second-order valence-electron chi connectivity index (χ2n) is 3.49. The third-order valence-electron chi connectivity index (χ3n) is 2.24. The number of nitrogens with zero attached hydrogens (tertiary/aromatic N) is 2. The Hall–Kier alpha value is -1.46. The highest BCUT2D eigenvalue weighted by Crippen LogP contribution is 2.09. The van der Waals surface area contributed by atoms with Gasteiger partial charge in [0, 0.05) is 11.9 Å². The number of phenolic OH excluding ortho intramolecular Hbond substituents is 1. The topological polar surface area (TPSA) is 58.0 Å². The molecule has 2 N–H and O–H groups in total. The fourth-order valence-electron chi connectivity index (χ4n) is 1.37. The molecule has 1 aromatic heterocycles. The quantitative estimate of drug-likeness (QED) is 0.772. The first-order chi connectivity index (χ1) is 7.84. The van der Waals surface area contributed by atoms with Crippen LogP contribution in [0.3, 0.4) is 0 Å². The molecule has 0 spiro atoms. The van der Waals surface area contributed by atoms with E-state index in [0.29, 0.717) is 5.75 Å². The van der Waals surface area contributed by atoms with Gasteiger partial charge in [0.15, 0.2) is 0 Å². The van der Waals surface area contributed by atoms with E-state index in [4.69, 9.17) is 5.11 Å². The minimum atomic E-state index is 0.310. The van der Waals surface area contributed by atoms with E-state index in [1.54, 1.807) is 12.1 Å². The molecule has 84 valence electrons. The van der Waals surface area contributed by atoms with Crippen LogP contribution < -0.4 is 5.32 Å². The molecule has 0 fully saturated rings. The summed E-state index contributed by atoms with van der Waals surface area (Å²) in [5.41, 5.74) is 2.19. The molecule has 2 aromatic rings. The summed E-state index contributed by atoms with van der Waals surface area (Å²) < 4.78 is 3.79. The fraction of sp³-hybridized carbons (Fsp3) is 0.273. The van der Waals surface area contributed by atoms with Crippen molar-refractivity contribution in [3.63, 3.8) is 0 Å². The van der Waals surface area contributed by atoms with Crippen molar-refractivity contribution >= 4 is 11.5 Å². The van der Waals surface area contributed by atoms with Gasteiger partial charge in [-0.1, -0.05) is 16.6 Å². The van der Waals surface area contributed by atoms with Gasteiger partial charge in [0.25, 0.3) is 0 Å². The Morgan fingerprint density at radius 2 is 2.06 bits per heavy atom. The number of hydrogen-bond acceptors (Lipinski definition) is 5. The van der Waals surface area contributed by atoms with Gasteiger partial charge >= 0.3 is 0 Å². The highest BCUT2D eigenvalue weighted by atomic mass is 32.1. The molecule has 0 aliphatic rings. The Morgan fingerprint density at radius 1 is 1.25 bits per heavy atom. The molecule has 0 aliphatic heterocycles. The van der Waals surface area contributed by atoms with Gasteiger partial charge in [-0.25, -0.2) is 0 Å². The van der Waals surface area contributed by atoms with Crippen LogP contribution in [0.15, 0.2) is 29.6 Å². The molecule has 1 aromatic carbocycles. The van der Waals surface area contributed by atoms with Gasteiger partial charge in [-0.2, -0.15) is 0 Å². The lowest BCUT2D eigenvalue weighted by molar-refractivity contribution is 0.475. The fourth-order valence-corrected chi connectivity index (χ4v) is 1.82. The van der Waals surface area contributed by atoms with Crippen LogP contribution in [0.25, 0.3) is 0 Å². The Morgan fingerprint density at radius 3 is 2.75 bits per heavy atom. The Labute approximate surface area is 98.1 Å². The van der Waals surface area contributed by atoms with E-state index in [1.165, 1.54) is 17.1 Å². The molecule has 4 nitrogen and oxygen atoms in total. The summed E-state index contributed by atoms with van der Waals surface area (Å²) >= 11 is 1.37. The number of nitrogens with one attached hydrogen (secondary N) is 1. The first-order valence-corrected chi connectivity index (χ1v) is 5.93. The summed E-state index contributed by atoms with van der Waals surface area (Å²) in [6.07, 6.45) is 0.942. The molecular weight excluding hydrogens is 222 g/mol. The highest BCUT2D eigenvalue weighted by Gasteiger charge is 1.96. The van der Waals surface area contributed by atoms with Crippen molar-refractivity contribution in [2.75, 3.05) is 6.54 Å². The minimum absolute atomic E-state index is 0.310. The van der Waals surface area contributed by atoms with Crippen LogP contribution >= 0.6 is 11.5 Å². The van der Waals surface area contributed by atoms with Crippen LogP contribution in [0, 0.1) is 0 Å². The molecule has 2 rings (SSSR count). The molecule has 0 saturated heterocycles. The summed E-state index contributed by atoms with van der Waals surface area (Å²) in [5, 5.41) is 18.3. The van der Waals surface area contributed by atoms with Gasteiger partial charge in [0.2, 0.25) is 0 Å². The SMILES string of the molecule is Oc1ccc(CCNCc2csnn2)cc1. The van der Waals surface area contributed by atoms with E-state index in [9.17, 15) is 0 Å². The molecule has 0 radical (unpaired) electrons. The van der Waals surface area contributed by atoms with Crippen LogP contribution in [0.2, 0.25) is 0 Å². The van der Waals surface area contributed by atoms with E-state index in [2.05, 4.69) is 14.9 Å². The Balaban J connectivity index is 1.70. The molecule has 0 atom stereocenters. The molecule has 16 heavy (non-hydrogen) atoms. The highest BCUT2D eigenvalue weighted by molar-refractivity contribution is 7.03. The number of hydrogen-bond donors (Lipinski definition) is 2. The third kappa shape index (κ3) is 3.29. The molecule has 0 unspecified atom stereocenters. The van der Waals surface area contributed by atoms with Crippen LogP contribution in [-0.4, -0.2) is 21.2 Å². The molecule has 0 bridgehead atoms. The average Bonchev–Trinajstić information content (AvgIpc) is 2.80. The predicted molar refractivity (Wildman–Crippen MR) is 63.4 cm³/mol. The summed E-state index contributed by atoms with van der Waals surface area (Å²) in [6, 6.07) is 7.28. The lowest BCUT2D eigenvalue weighted by atomic mass is 10.1. The normalized spacial score (nSPS) is 10.5. The summed E-state index contributed by atoms with van der Waals surface area (Å²) in [7, 11) is 0. The van der Waals surface area contributed by atoms with E-state index < -0.39 is 0 Å². The van der Waals surface area contributed by atoms with E-state index in [0.717, 1.165) is 25.2 Å². The first kappa shape index (κ1) is 11.0. The minimum Gasteiger partial charge on any atom is -0.508 e. The maximum Gasteiger partial charge on any atom is 0.115 e. The number of rotatable bonds is 5. The zero-order chi connectivity index (χ0) is 11.2.